The Morgan fingerprint density at radius 2 is 0.462 bits per heavy atom. The van der Waals surface area contributed by atoms with Crippen molar-refractivity contribution in [1.29, 1.82) is 0 Å². The molecule has 0 radical (unpaired) electrons. The minimum Gasteiger partial charge on any atom is -1.00 e. The van der Waals surface area contributed by atoms with E-state index in [1.54, 1.807) is 0 Å². The average Bonchev–Trinajstić information content (AvgIpc) is 1.54. The molecule has 0 aromatic carbocycles. The summed E-state index contributed by atoms with van der Waals surface area (Å²) >= 11 is 0. The van der Waals surface area contributed by atoms with Crippen molar-refractivity contribution < 1.29 is 76.2 Å². The molecule has 0 bridgehead atoms. The number of hydrogen-bond donors (Lipinski definition) is 9. The van der Waals surface area contributed by atoms with Crippen molar-refractivity contribution in [3.05, 3.63) is 0 Å². The summed E-state index contributed by atoms with van der Waals surface area (Å²) in [6.07, 6.45) is 0. The molecule has 9 nitrogen and oxygen atoms in total. The zero-order chi connectivity index (χ0) is 10.7. The fraction of sp³-hybridized carbons (Fsp3) is 0. The first kappa shape index (κ1) is 23.6. The summed E-state index contributed by atoms with van der Waals surface area (Å²) in [4.78, 5) is 0. The second kappa shape index (κ2) is 18.6. The molecule has 0 aromatic heterocycles. The minimum atomic E-state index is -2.17. The van der Waals surface area contributed by atoms with Crippen LogP contribution in [0.25, 0.3) is 0 Å². The van der Waals surface area contributed by atoms with Crippen LogP contribution in [-0.4, -0.2) is 67.2 Å². The molecule has 0 aliphatic heterocycles. The maximum absolute atomic E-state index is 7.17. The van der Waals surface area contributed by atoms with Crippen molar-refractivity contribution in [2.45, 2.75) is 0 Å². The largest absolute Gasteiger partial charge is 1.00 e. The van der Waals surface area contributed by atoms with E-state index in [1.807, 2.05) is 0 Å². The van der Waals surface area contributed by atoms with E-state index in [9.17, 15) is 0 Å². The molecular weight excluding hydrogens is 199 g/mol. The summed E-state index contributed by atoms with van der Waals surface area (Å²) in [5.74, 6) is 0. The second-order valence-electron chi connectivity index (χ2n) is 1.04. The normalized spacial score (nSPS) is 6.23. The predicted molar refractivity (Wildman–Crippen MR) is 38.3 cm³/mol. The number of rotatable bonds is 0. The van der Waals surface area contributed by atoms with Crippen molar-refractivity contribution in [2.24, 2.45) is 0 Å². The Kier molecular flexibility index (Phi) is 33.7. The van der Waals surface area contributed by atoms with Gasteiger partial charge in [0, 0.05) is 0 Å². The van der Waals surface area contributed by atoms with Gasteiger partial charge < -0.3 is 46.6 Å². The molecule has 0 unspecified atom stereocenters. The third-order valence-corrected chi connectivity index (χ3v) is 0. The van der Waals surface area contributed by atoms with Crippen LogP contribution in [0, 0.1) is 0 Å². The topological polar surface area (TPSA) is 182 Å². The fourth-order valence-corrected chi connectivity index (χ4v) is 0. The van der Waals surface area contributed by atoms with E-state index in [1.165, 1.54) is 0 Å². The molecular formula is H10B3NaO9. The van der Waals surface area contributed by atoms with E-state index in [0.717, 1.165) is 0 Å². The molecule has 13 heteroatoms. The van der Waals surface area contributed by atoms with E-state index in [2.05, 4.69) is 0 Å². The van der Waals surface area contributed by atoms with Crippen LogP contribution in [0.3, 0.4) is 0 Å². The Morgan fingerprint density at radius 3 is 0.462 bits per heavy atom. The van der Waals surface area contributed by atoms with Crippen molar-refractivity contribution in [2.75, 3.05) is 0 Å². The van der Waals surface area contributed by atoms with Gasteiger partial charge in [0.15, 0.2) is 0 Å². The SMILES string of the molecule is OB(O)O.OB(O)O.OB(O)O.[H-].[Na+]. The Balaban J connectivity index is -0.0000000270. The first-order valence-corrected chi connectivity index (χ1v) is 2.32. The van der Waals surface area contributed by atoms with E-state index in [-0.39, 0.29) is 31.0 Å². The third kappa shape index (κ3) is 2160. The molecule has 0 spiro atoms. The molecule has 0 rings (SSSR count). The molecule has 0 heterocycles. The summed E-state index contributed by atoms with van der Waals surface area (Å²) in [7, 11) is -6.50. The Bertz CT molecular complexity index is 48.5. The van der Waals surface area contributed by atoms with Gasteiger partial charge >= 0.3 is 51.5 Å². The quantitative estimate of drug-likeness (QED) is 0.175. The van der Waals surface area contributed by atoms with Gasteiger partial charge in [-0.25, -0.2) is 0 Å². The zero-order valence-electron chi connectivity index (χ0n) is 7.76. The second-order valence-corrected chi connectivity index (χ2v) is 1.04. The Hall–Kier alpha value is 0.835. The van der Waals surface area contributed by atoms with Crippen LogP contribution in [-0.2, 0) is 0 Å². The van der Waals surface area contributed by atoms with Gasteiger partial charge in [-0.3, -0.25) is 0 Å². The summed E-state index contributed by atoms with van der Waals surface area (Å²) in [5.41, 5.74) is 0. The van der Waals surface area contributed by atoms with Crippen LogP contribution < -0.4 is 29.6 Å². The first-order valence-electron chi connectivity index (χ1n) is 2.32. The van der Waals surface area contributed by atoms with Gasteiger partial charge in [-0.2, -0.15) is 0 Å². The zero-order valence-corrected chi connectivity index (χ0v) is 8.76. The van der Waals surface area contributed by atoms with E-state index >= 15 is 0 Å². The van der Waals surface area contributed by atoms with Crippen molar-refractivity contribution in [3.8, 4) is 0 Å². The van der Waals surface area contributed by atoms with Crippen molar-refractivity contribution >= 4 is 22.0 Å². The van der Waals surface area contributed by atoms with Crippen LogP contribution in [0.4, 0.5) is 0 Å². The van der Waals surface area contributed by atoms with Gasteiger partial charge in [0.1, 0.15) is 0 Å². The van der Waals surface area contributed by atoms with Crippen LogP contribution >= 0.6 is 0 Å². The van der Waals surface area contributed by atoms with E-state index in [0.29, 0.717) is 0 Å². The van der Waals surface area contributed by atoms with Gasteiger partial charge in [0.05, 0.1) is 0 Å². The van der Waals surface area contributed by atoms with Crippen LogP contribution in [0.5, 0.6) is 0 Å². The van der Waals surface area contributed by atoms with Gasteiger partial charge in [-0.1, -0.05) is 0 Å². The summed E-state index contributed by atoms with van der Waals surface area (Å²) < 4.78 is 0. The van der Waals surface area contributed by atoms with Gasteiger partial charge in [-0.15, -0.1) is 0 Å². The molecule has 0 aliphatic rings. The van der Waals surface area contributed by atoms with Gasteiger partial charge in [0.25, 0.3) is 0 Å². The fourth-order valence-electron chi connectivity index (χ4n) is 0. The standard InChI is InChI=1S/3BH3O3.Na.H/c3*2-1(3)4;;/h3*2-4H;;/q;;;+1;-1. The molecule has 9 N–H and O–H groups in total. The van der Waals surface area contributed by atoms with Crippen LogP contribution in [0.2, 0.25) is 0 Å². The average molecular weight is 209 g/mol. The molecule has 0 fully saturated rings. The summed E-state index contributed by atoms with van der Waals surface area (Å²) in [6, 6.07) is 0. The van der Waals surface area contributed by atoms with Crippen LogP contribution in [0.15, 0.2) is 0 Å². The maximum atomic E-state index is 7.17. The molecule has 0 saturated carbocycles. The van der Waals surface area contributed by atoms with E-state index < -0.39 is 22.0 Å². The Morgan fingerprint density at radius 1 is 0.462 bits per heavy atom. The Labute approximate surface area is 98.2 Å². The molecule has 13 heavy (non-hydrogen) atoms. The van der Waals surface area contributed by atoms with Crippen LogP contribution in [0.1, 0.15) is 1.43 Å². The molecule has 0 saturated heterocycles. The molecule has 0 atom stereocenters. The maximum Gasteiger partial charge on any atom is 1.00 e. The minimum absolute atomic E-state index is 0. The first-order chi connectivity index (χ1) is 5.20. The van der Waals surface area contributed by atoms with Gasteiger partial charge in [0.2, 0.25) is 0 Å². The molecule has 0 aromatic rings. The summed E-state index contributed by atoms with van der Waals surface area (Å²) in [5, 5.41) is 64.5. The molecule has 0 amide bonds. The summed E-state index contributed by atoms with van der Waals surface area (Å²) in [6.45, 7) is 0. The predicted octanol–water partition coefficient (Wildman–Crippen LogP) is -9.04. The van der Waals surface area contributed by atoms with E-state index in [4.69, 9.17) is 45.2 Å². The molecule has 0 aliphatic carbocycles. The van der Waals surface area contributed by atoms with Gasteiger partial charge in [-0.05, 0) is 0 Å². The molecule has 74 valence electrons. The van der Waals surface area contributed by atoms with Crippen molar-refractivity contribution in [1.82, 2.24) is 0 Å². The van der Waals surface area contributed by atoms with Crippen molar-refractivity contribution in [3.63, 3.8) is 0 Å². The monoisotopic (exact) mass is 210 g/mol. The third-order valence-electron chi connectivity index (χ3n) is 0. The smallest absolute Gasteiger partial charge is 1.00 e. The number of hydrogen-bond acceptors (Lipinski definition) is 9.